The molecule has 0 aliphatic carbocycles. The van der Waals surface area contributed by atoms with E-state index in [9.17, 15) is 0 Å². The number of aromatic nitrogens is 1. The first-order valence-corrected chi connectivity index (χ1v) is 13.3. The van der Waals surface area contributed by atoms with Crippen LogP contribution in [0.2, 0.25) is 0 Å². The third-order valence-corrected chi connectivity index (χ3v) is 7.07. The number of aryl methyl sites for hydroxylation is 1. The smallest absolute Gasteiger partial charge is 0.212 e. The standard InChI is InChI=1S/C32H37N2O3.ClH/c1-34-18-5-9-28-11-10-26(21-31(28)34)24-37-32-22-33-17-16-30(32)27-12-14-29(15-13-27)36-20-6-19-35-23-25-7-3-2-4-8-25;/h2-5,7-15,18,21,30,32-33H,6,16-17,19-20,22-24H2,1H3;1H/q+1;/p-1. The molecule has 1 N–H and O–H groups in total. The van der Waals surface area contributed by atoms with Crippen molar-refractivity contribution < 1.29 is 31.2 Å². The molecule has 2 heterocycles. The van der Waals surface area contributed by atoms with E-state index in [-0.39, 0.29) is 18.5 Å². The molecule has 38 heavy (non-hydrogen) atoms. The maximum atomic E-state index is 6.47. The van der Waals surface area contributed by atoms with E-state index >= 15 is 0 Å². The normalized spacial score (nSPS) is 17.2. The van der Waals surface area contributed by atoms with Gasteiger partial charge in [0.2, 0.25) is 5.52 Å². The van der Waals surface area contributed by atoms with Crippen LogP contribution in [0.15, 0.2) is 91.1 Å². The minimum atomic E-state index is 0. The maximum absolute atomic E-state index is 6.47. The van der Waals surface area contributed by atoms with Gasteiger partial charge in [-0.15, -0.1) is 0 Å². The van der Waals surface area contributed by atoms with Crippen molar-refractivity contribution in [3.8, 4) is 5.75 Å². The van der Waals surface area contributed by atoms with Gasteiger partial charge in [-0.1, -0.05) is 48.5 Å². The number of fused-ring (bicyclic) bond motifs is 1. The minimum Gasteiger partial charge on any atom is -1.00 e. The van der Waals surface area contributed by atoms with Crippen LogP contribution in [0.4, 0.5) is 0 Å². The second kappa shape index (κ2) is 14.3. The molecule has 4 aromatic rings. The van der Waals surface area contributed by atoms with Gasteiger partial charge >= 0.3 is 0 Å². The van der Waals surface area contributed by atoms with Gasteiger partial charge in [0, 0.05) is 36.4 Å². The van der Waals surface area contributed by atoms with Crippen LogP contribution >= 0.6 is 0 Å². The Bertz CT molecular complexity index is 1270. The van der Waals surface area contributed by atoms with Crippen LogP contribution in [0.25, 0.3) is 10.9 Å². The Morgan fingerprint density at radius 2 is 1.71 bits per heavy atom. The molecule has 0 spiro atoms. The SMILES string of the molecule is C[n+]1cccc2ccc(COC3CNCCC3c3ccc(OCCCOCc4ccccc4)cc3)cc21.[Cl-]. The number of hydrogen-bond donors (Lipinski definition) is 1. The number of pyridine rings is 1. The molecule has 0 radical (unpaired) electrons. The van der Waals surface area contributed by atoms with Crippen LogP contribution in [-0.4, -0.2) is 32.4 Å². The molecule has 0 bridgehead atoms. The van der Waals surface area contributed by atoms with Crippen LogP contribution in [0.3, 0.4) is 0 Å². The van der Waals surface area contributed by atoms with E-state index in [2.05, 4.69) is 89.9 Å². The molecule has 0 saturated carbocycles. The van der Waals surface area contributed by atoms with E-state index in [0.29, 0.717) is 32.3 Å². The highest BCUT2D eigenvalue weighted by Gasteiger charge is 2.27. The topological polar surface area (TPSA) is 43.6 Å². The quantitative estimate of drug-likeness (QED) is 0.238. The Morgan fingerprint density at radius 3 is 2.55 bits per heavy atom. The highest BCUT2D eigenvalue weighted by molar-refractivity contribution is 5.75. The van der Waals surface area contributed by atoms with Crippen LogP contribution < -0.4 is 27.0 Å². The molecular weight excluding hydrogens is 496 g/mol. The Labute approximate surface area is 232 Å². The van der Waals surface area contributed by atoms with E-state index in [1.54, 1.807) is 0 Å². The van der Waals surface area contributed by atoms with E-state index in [1.165, 1.54) is 27.6 Å². The Balaban J connectivity index is 0.00000336. The summed E-state index contributed by atoms with van der Waals surface area (Å²) in [6.45, 7) is 4.48. The average molecular weight is 533 g/mol. The first-order valence-electron chi connectivity index (χ1n) is 13.3. The summed E-state index contributed by atoms with van der Waals surface area (Å²) in [5, 5.41) is 4.75. The molecule has 2 atom stereocenters. The predicted octanol–water partition coefficient (Wildman–Crippen LogP) is 2.32. The average Bonchev–Trinajstić information content (AvgIpc) is 2.95. The number of rotatable bonds is 11. The fourth-order valence-corrected chi connectivity index (χ4v) is 5.00. The Morgan fingerprint density at radius 1 is 0.868 bits per heavy atom. The third kappa shape index (κ3) is 7.55. The van der Waals surface area contributed by atoms with Crippen molar-refractivity contribution in [2.45, 2.75) is 38.1 Å². The van der Waals surface area contributed by atoms with Gasteiger partial charge in [0.05, 0.1) is 32.5 Å². The summed E-state index contributed by atoms with van der Waals surface area (Å²) < 4.78 is 20.3. The molecule has 1 saturated heterocycles. The lowest BCUT2D eigenvalue weighted by Crippen LogP contribution is -3.00. The Hall–Kier alpha value is -2.96. The van der Waals surface area contributed by atoms with Crippen LogP contribution in [-0.2, 0) is 29.7 Å². The van der Waals surface area contributed by atoms with Crippen molar-refractivity contribution in [3.05, 3.63) is 108 Å². The van der Waals surface area contributed by atoms with Crippen molar-refractivity contribution in [2.75, 3.05) is 26.3 Å². The highest BCUT2D eigenvalue weighted by Crippen LogP contribution is 2.30. The van der Waals surface area contributed by atoms with Crippen LogP contribution in [0.5, 0.6) is 5.75 Å². The highest BCUT2D eigenvalue weighted by atomic mass is 35.5. The Kier molecular flexibility index (Phi) is 10.5. The molecule has 5 nitrogen and oxygen atoms in total. The lowest BCUT2D eigenvalue weighted by Gasteiger charge is -2.32. The van der Waals surface area contributed by atoms with Gasteiger partial charge in [-0.2, -0.15) is 0 Å². The molecule has 1 aromatic heterocycles. The number of hydrogen-bond acceptors (Lipinski definition) is 4. The van der Waals surface area contributed by atoms with Gasteiger partial charge in [0.15, 0.2) is 6.20 Å². The van der Waals surface area contributed by atoms with Crippen molar-refractivity contribution in [1.29, 1.82) is 0 Å². The lowest BCUT2D eigenvalue weighted by atomic mass is 9.87. The number of nitrogens with zero attached hydrogens (tertiary/aromatic N) is 1. The summed E-state index contributed by atoms with van der Waals surface area (Å²) in [7, 11) is 2.08. The molecule has 5 rings (SSSR count). The predicted molar refractivity (Wildman–Crippen MR) is 147 cm³/mol. The lowest BCUT2D eigenvalue weighted by molar-refractivity contribution is -0.644. The molecule has 1 aliphatic rings. The first-order chi connectivity index (χ1) is 18.3. The second-order valence-electron chi connectivity index (χ2n) is 9.77. The summed E-state index contributed by atoms with van der Waals surface area (Å²) >= 11 is 0. The van der Waals surface area contributed by atoms with Gasteiger partial charge in [-0.25, -0.2) is 4.57 Å². The van der Waals surface area contributed by atoms with Gasteiger partial charge in [0.1, 0.15) is 12.8 Å². The van der Waals surface area contributed by atoms with Gasteiger partial charge in [-0.05, 0) is 53.9 Å². The fourth-order valence-electron chi connectivity index (χ4n) is 5.00. The molecular formula is C32H37ClN2O3. The van der Waals surface area contributed by atoms with Gasteiger partial charge in [-0.3, -0.25) is 0 Å². The van der Waals surface area contributed by atoms with E-state index < -0.39 is 0 Å². The molecule has 3 aromatic carbocycles. The number of halogens is 1. The number of nitrogens with one attached hydrogen (secondary N) is 1. The van der Waals surface area contributed by atoms with Crippen LogP contribution in [0.1, 0.15) is 35.4 Å². The second-order valence-corrected chi connectivity index (χ2v) is 9.77. The van der Waals surface area contributed by atoms with Crippen molar-refractivity contribution >= 4 is 10.9 Å². The zero-order chi connectivity index (χ0) is 25.3. The zero-order valence-corrected chi connectivity index (χ0v) is 22.8. The number of ether oxygens (including phenoxy) is 3. The minimum absolute atomic E-state index is 0. The molecule has 2 unspecified atom stereocenters. The monoisotopic (exact) mass is 532 g/mol. The van der Waals surface area contributed by atoms with E-state index in [4.69, 9.17) is 14.2 Å². The maximum Gasteiger partial charge on any atom is 0.212 e. The third-order valence-electron chi connectivity index (χ3n) is 7.07. The molecule has 1 aliphatic heterocycles. The van der Waals surface area contributed by atoms with Crippen LogP contribution in [0, 0.1) is 0 Å². The molecule has 1 fully saturated rings. The molecule has 200 valence electrons. The largest absolute Gasteiger partial charge is 1.00 e. The fraction of sp³-hybridized carbons (Fsp3) is 0.344. The van der Waals surface area contributed by atoms with E-state index in [1.807, 2.05) is 18.2 Å². The summed E-state index contributed by atoms with van der Waals surface area (Å²) in [6.07, 6.45) is 4.16. The number of benzene rings is 3. The summed E-state index contributed by atoms with van der Waals surface area (Å²) in [5.41, 5.74) is 4.94. The zero-order valence-electron chi connectivity index (χ0n) is 22.0. The summed E-state index contributed by atoms with van der Waals surface area (Å²) in [4.78, 5) is 0. The molecule has 0 amide bonds. The summed E-state index contributed by atoms with van der Waals surface area (Å²) in [5.74, 6) is 1.28. The van der Waals surface area contributed by atoms with Crippen molar-refractivity contribution in [3.63, 3.8) is 0 Å². The van der Waals surface area contributed by atoms with E-state index in [0.717, 1.165) is 31.7 Å². The molecule has 6 heteroatoms. The summed E-state index contributed by atoms with van der Waals surface area (Å²) in [6, 6.07) is 29.6. The van der Waals surface area contributed by atoms with Crippen molar-refractivity contribution in [2.24, 2.45) is 7.05 Å². The number of piperidine rings is 1. The van der Waals surface area contributed by atoms with Crippen molar-refractivity contribution in [1.82, 2.24) is 5.32 Å². The van der Waals surface area contributed by atoms with Gasteiger partial charge in [0.25, 0.3) is 0 Å². The first kappa shape index (κ1) is 28.1. The van der Waals surface area contributed by atoms with Gasteiger partial charge < -0.3 is 31.9 Å².